The largest absolute Gasteiger partial charge is 0.444 e. The Labute approximate surface area is 164 Å². The maximum atomic E-state index is 12.0. The lowest BCUT2D eigenvalue weighted by Gasteiger charge is -2.23. The van der Waals surface area contributed by atoms with Crippen LogP contribution in [0.4, 0.5) is 10.5 Å². The highest BCUT2D eigenvalue weighted by Crippen LogP contribution is 2.35. The molecule has 7 nitrogen and oxygen atoms in total. The van der Waals surface area contributed by atoms with Crippen molar-refractivity contribution >= 4 is 51.8 Å². The number of nitrogens with one attached hydrogen (secondary N) is 2. The van der Waals surface area contributed by atoms with Crippen LogP contribution in [0.3, 0.4) is 0 Å². The Morgan fingerprint density at radius 1 is 1.35 bits per heavy atom. The van der Waals surface area contributed by atoms with Gasteiger partial charge in [0.2, 0.25) is 5.91 Å². The summed E-state index contributed by atoms with van der Waals surface area (Å²) in [6.07, 6.45) is -0.617. The SMILES string of the molecule is Cc1sc(SN2CCS(=O)CC2)cc1NC(=O)CNC(=O)OC(C)(C)C. The molecule has 2 N–H and O–H groups in total. The summed E-state index contributed by atoms with van der Waals surface area (Å²) in [5.41, 5.74) is 0.145. The van der Waals surface area contributed by atoms with Crippen LogP contribution >= 0.6 is 23.3 Å². The van der Waals surface area contributed by atoms with Crippen molar-refractivity contribution in [2.24, 2.45) is 0 Å². The molecule has 1 saturated heterocycles. The number of alkyl carbamates (subject to hydrolysis) is 1. The van der Waals surface area contributed by atoms with E-state index in [-0.39, 0.29) is 12.5 Å². The van der Waals surface area contributed by atoms with E-state index in [0.717, 1.165) is 27.9 Å². The minimum Gasteiger partial charge on any atom is -0.444 e. The standard InChI is InChI=1S/C16H25N3O4S3/c1-11-12(18-13(20)10-17-15(21)23-16(2,3)4)9-14(24-11)25-19-5-7-26(22)8-6-19/h9H,5-8,10H2,1-4H3,(H,17,21)(H,18,20). The van der Waals surface area contributed by atoms with Crippen LogP contribution in [0.25, 0.3) is 0 Å². The molecule has 0 radical (unpaired) electrons. The van der Waals surface area contributed by atoms with E-state index in [1.807, 2.05) is 13.0 Å². The molecular weight excluding hydrogens is 394 g/mol. The zero-order valence-corrected chi connectivity index (χ0v) is 17.9. The first-order valence-corrected chi connectivity index (χ1v) is 11.4. The van der Waals surface area contributed by atoms with E-state index >= 15 is 0 Å². The van der Waals surface area contributed by atoms with Crippen LogP contribution in [0.5, 0.6) is 0 Å². The number of hydrogen-bond donors (Lipinski definition) is 2. The van der Waals surface area contributed by atoms with E-state index in [1.165, 1.54) is 0 Å². The van der Waals surface area contributed by atoms with Crippen molar-refractivity contribution in [2.45, 2.75) is 37.5 Å². The summed E-state index contributed by atoms with van der Waals surface area (Å²) < 4.78 is 19.8. The van der Waals surface area contributed by atoms with Crippen LogP contribution in [-0.4, -0.2) is 57.3 Å². The van der Waals surface area contributed by atoms with Crippen molar-refractivity contribution in [2.75, 3.05) is 36.5 Å². The van der Waals surface area contributed by atoms with Gasteiger partial charge in [-0.2, -0.15) is 0 Å². The molecule has 26 heavy (non-hydrogen) atoms. The Kier molecular flexibility index (Phi) is 7.51. The van der Waals surface area contributed by atoms with Gasteiger partial charge in [0.25, 0.3) is 0 Å². The second kappa shape index (κ2) is 9.20. The summed E-state index contributed by atoms with van der Waals surface area (Å²) in [7, 11) is -0.692. The third-order valence-electron chi connectivity index (χ3n) is 3.32. The van der Waals surface area contributed by atoms with E-state index in [0.29, 0.717) is 11.5 Å². The van der Waals surface area contributed by atoms with E-state index in [1.54, 1.807) is 44.1 Å². The van der Waals surface area contributed by atoms with Crippen molar-refractivity contribution in [1.29, 1.82) is 0 Å². The monoisotopic (exact) mass is 419 g/mol. The molecule has 0 atom stereocenters. The van der Waals surface area contributed by atoms with Gasteiger partial charge in [-0.3, -0.25) is 9.00 Å². The smallest absolute Gasteiger partial charge is 0.408 e. The average Bonchev–Trinajstić information content (AvgIpc) is 2.85. The van der Waals surface area contributed by atoms with Crippen molar-refractivity contribution < 1.29 is 18.5 Å². The predicted molar refractivity (Wildman–Crippen MR) is 107 cm³/mol. The summed E-state index contributed by atoms with van der Waals surface area (Å²) in [5.74, 6) is 1.11. The fourth-order valence-electron chi connectivity index (χ4n) is 2.12. The number of aryl methyl sites for hydroxylation is 1. The van der Waals surface area contributed by atoms with Crippen LogP contribution in [0.15, 0.2) is 10.3 Å². The summed E-state index contributed by atoms with van der Waals surface area (Å²) in [6.45, 7) is 8.69. The minimum absolute atomic E-state index is 0.148. The topological polar surface area (TPSA) is 87.7 Å². The molecule has 0 bridgehead atoms. The molecule has 0 aliphatic carbocycles. The van der Waals surface area contributed by atoms with Crippen LogP contribution in [0.1, 0.15) is 25.6 Å². The normalized spacial score (nSPS) is 16.3. The van der Waals surface area contributed by atoms with Gasteiger partial charge in [0.15, 0.2) is 0 Å². The highest BCUT2D eigenvalue weighted by molar-refractivity contribution is 7.99. The molecule has 1 aliphatic rings. The van der Waals surface area contributed by atoms with Crippen molar-refractivity contribution in [3.63, 3.8) is 0 Å². The quantitative estimate of drug-likeness (QED) is 0.714. The number of rotatable bonds is 5. The summed E-state index contributed by atoms with van der Waals surface area (Å²) in [6, 6.07) is 1.93. The van der Waals surface area contributed by atoms with Gasteiger partial charge >= 0.3 is 6.09 Å². The molecule has 1 fully saturated rings. The van der Waals surface area contributed by atoms with Gasteiger partial charge < -0.3 is 15.4 Å². The molecule has 146 valence electrons. The lowest BCUT2D eigenvalue weighted by Crippen LogP contribution is -2.37. The second-order valence-corrected chi connectivity index (χ2v) is 11.2. The lowest BCUT2D eigenvalue weighted by atomic mass is 10.2. The molecule has 10 heteroatoms. The third kappa shape index (κ3) is 7.26. The maximum absolute atomic E-state index is 12.0. The zero-order chi connectivity index (χ0) is 19.3. The Morgan fingerprint density at radius 3 is 2.62 bits per heavy atom. The average molecular weight is 420 g/mol. The highest BCUT2D eigenvalue weighted by atomic mass is 32.2. The minimum atomic E-state index is -0.692. The molecule has 2 heterocycles. The number of ether oxygens (including phenoxy) is 1. The van der Waals surface area contributed by atoms with Gasteiger partial charge in [-0.1, -0.05) is 0 Å². The third-order valence-corrected chi connectivity index (χ3v) is 6.83. The number of anilines is 1. The fourth-order valence-corrected chi connectivity index (χ4v) is 5.74. The highest BCUT2D eigenvalue weighted by Gasteiger charge is 2.19. The fraction of sp³-hybridized carbons (Fsp3) is 0.625. The van der Waals surface area contributed by atoms with E-state index in [4.69, 9.17) is 4.74 Å². The number of carbonyl (C=O) groups is 2. The molecule has 1 aliphatic heterocycles. The Balaban J connectivity index is 1.82. The van der Waals surface area contributed by atoms with Gasteiger partial charge in [-0.25, -0.2) is 9.10 Å². The lowest BCUT2D eigenvalue weighted by molar-refractivity contribution is -0.115. The van der Waals surface area contributed by atoms with E-state index in [2.05, 4.69) is 14.9 Å². The first-order chi connectivity index (χ1) is 12.1. The summed E-state index contributed by atoms with van der Waals surface area (Å²) >= 11 is 3.23. The van der Waals surface area contributed by atoms with Gasteiger partial charge in [0.05, 0.1) is 9.90 Å². The molecule has 0 unspecified atom stereocenters. The molecule has 2 amide bonds. The van der Waals surface area contributed by atoms with E-state index < -0.39 is 22.5 Å². The van der Waals surface area contributed by atoms with Gasteiger partial charge in [-0.05, 0) is 45.7 Å². The molecule has 1 aromatic rings. The Bertz CT molecular complexity index is 675. The van der Waals surface area contributed by atoms with Crippen molar-refractivity contribution in [3.8, 4) is 0 Å². The van der Waals surface area contributed by atoms with Crippen LogP contribution in [-0.2, 0) is 20.3 Å². The molecule has 2 rings (SSSR count). The van der Waals surface area contributed by atoms with E-state index in [9.17, 15) is 13.8 Å². The number of carbonyl (C=O) groups excluding carboxylic acids is 2. The number of amides is 2. The number of thiophene rings is 1. The summed E-state index contributed by atoms with van der Waals surface area (Å²) in [5, 5.41) is 5.26. The first-order valence-electron chi connectivity index (χ1n) is 8.27. The Hall–Kier alpha value is -1.10. The van der Waals surface area contributed by atoms with Crippen molar-refractivity contribution in [3.05, 3.63) is 10.9 Å². The van der Waals surface area contributed by atoms with Crippen LogP contribution in [0, 0.1) is 6.92 Å². The second-order valence-electron chi connectivity index (χ2n) is 6.81. The van der Waals surface area contributed by atoms with Crippen molar-refractivity contribution in [1.82, 2.24) is 9.62 Å². The summed E-state index contributed by atoms with van der Waals surface area (Å²) in [4.78, 5) is 24.6. The first kappa shape index (κ1) is 21.2. The predicted octanol–water partition coefficient (Wildman–Crippen LogP) is 2.59. The Morgan fingerprint density at radius 2 is 2.00 bits per heavy atom. The molecular formula is C16H25N3O4S3. The van der Waals surface area contributed by atoms with Gasteiger partial charge in [-0.15, -0.1) is 11.3 Å². The van der Waals surface area contributed by atoms with Gasteiger partial charge in [0.1, 0.15) is 12.1 Å². The number of nitrogens with zero attached hydrogens (tertiary/aromatic N) is 1. The molecule has 1 aromatic heterocycles. The van der Waals surface area contributed by atoms with Crippen LogP contribution < -0.4 is 10.6 Å². The molecule has 0 aromatic carbocycles. The van der Waals surface area contributed by atoms with Crippen LogP contribution in [0.2, 0.25) is 0 Å². The molecule has 0 saturated carbocycles. The molecule has 0 spiro atoms. The zero-order valence-electron chi connectivity index (χ0n) is 15.4. The van der Waals surface area contributed by atoms with Gasteiger partial charge in [0, 0.05) is 40.3 Å². The maximum Gasteiger partial charge on any atom is 0.408 e. The number of hydrogen-bond acceptors (Lipinski definition) is 7.